The Morgan fingerprint density at radius 1 is 1.19 bits per heavy atom. The molecule has 1 aliphatic rings. The summed E-state index contributed by atoms with van der Waals surface area (Å²) in [6.07, 6.45) is -8.41. The first-order chi connectivity index (χ1) is 17.3. The first-order valence-corrected chi connectivity index (χ1v) is 11.3. The van der Waals surface area contributed by atoms with Gasteiger partial charge in [0, 0.05) is 24.5 Å². The highest BCUT2D eigenvalue weighted by molar-refractivity contribution is 7.04. The molecule has 3 aromatic rings. The van der Waals surface area contributed by atoms with Gasteiger partial charge in [0.25, 0.3) is 5.91 Å². The van der Waals surface area contributed by atoms with E-state index in [2.05, 4.69) is 14.3 Å². The van der Waals surface area contributed by atoms with Crippen LogP contribution in [0, 0.1) is 5.82 Å². The number of alkyl halides is 6. The van der Waals surface area contributed by atoms with E-state index in [-0.39, 0.29) is 48.1 Å². The fourth-order valence-corrected chi connectivity index (χ4v) is 4.36. The molecule has 0 aliphatic carbocycles. The van der Waals surface area contributed by atoms with E-state index in [0.717, 1.165) is 33.6 Å². The van der Waals surface area contributed by atoms with Crippen LogP contribution in [0.2, 0.25) is 0 Å². The minimum atomic E-state index is -4.76. The lowest BCUT2D eigenvalue weighted by Crippen LogP contribution is -2.33. The molecule has 4 rings (SSSR count). The zero-order valence-electron chi connectivity index (χ0n) is 18.6. The van der Waals surface area contributed by atoms with Gasteiger partial charge in [-0.3, -0.25) is 14.6 Å². The molecule has 0 unspecified atom stereocenters. The summed E-state index contributed by atoms with van der Waals surface area (Å²) in [4.78, 5) is 21.3. The summed E-state index contributed by atoms with van der Waals surface area (Å²) >= 11 is 0.834. The maximum Gasteiger partial charge on any atom is 0.434 e. The van der Waals surface area contributed by atoms with E-state index in [1.54, 1.807) is 0 Å². The highest BCUT2D eigenvalue weighted by Crippen LogP contribution is 2.38. The lowest BCUT2D eigenvalue weighted by atomic mass is 10.2. The highest BCUT2D eigenvalue weighted by atomic mass is 32.1. The maximum atomic E-state index is 14.6. The summed E-state index contributed by atoms with van der Waals surface area (Å²) in [5, 5.41) is 1.32. The molecular formula is C21H17F7N6O2S. The lowest BCUT2D eigenvalue weighted by molar-refractivity contribution is -0.144. The number of anilines is 3. The molecule has 0 radical (unpaired) electrons. The topological polar surface area (TPSA) is 97.5 Å². The van der Waals surface area contributed by atoms with Crippen molar-refractivity contribution in [3.05, 3.63) is 53.0 Å². The monoisotopic (exact) mass is 550 g/mol. The fraction of sp³-hybridized carbons (Fsp3) is 0.333. The zero-order valence-corrected chi connectivity index (χ0v) is 19.4. The average Bonchev–Trinajstić information content (AvgIpc) is 3.44. The third-order valence-corrected chi connectivity index (χ3v) is 5.90. The quantitative estimate of drug-likeness (QED) is 0.427. The molecule has 16 heteroatoms. The van der Waals surface area contributed by atoms with Gasteiger partial charge in [0.2, 0.25) is 0 Å². The second-order valence-corrected chi connectivity index (χ2v) is 8.63. The number of rotatable bonds is 7. The Hall–Kier alpha value is -3.53. The van der Waals surface area contributed by atoms with Gasteiger partial charge >= 0.3 is 12.4 Å². The summed E-state index contributed by atoms with van der Waals surface area (Å²) in [7, 11) is 0. The third-order valence-electron chi connectivity index (χ3n) is 5.28. The molecule has 3 heterocycles. The van der Waals surface area contributed by atoms with Gasteiger partial charge < -0.3 is 10.5 Å². The van der Waals surface area contributed by atoms with Crippen molar-refractivity contribution < 1.29 is 40.3 Å². The molecule has 1 atom stereocenters. The number of aromatic nitrogens is 3. The van der Waals surface area contributed by atoms with Gasteiger partial charge in [-0.2, -0.15) is 30.7 Å². The van der Waals surface area contributed by atoms with Gasteiger partial charge in [-0.25, -0.2) is 14.4 Å². The normalized spacial score (nSPS) is 16.7. The van der Waals surface area contributed by atoms with Crippen molar-refractivity contribution in [1.82, 2.24) is 19.2 Å². The van der Waals surface area contributed by atoms with Crippen molar-refractivity contribution >= 4 is 34.8 Å². The third kappa shape index (κ3) is 6.25. The van der Waals surface area contributed by atoms with Crippen LogP contribution in [0.1, 0.15) is 22.5 Å². The Bertz CT molecular complexity index is 1270. The molecule has 1 fully saturated rings. The molecule has 2 aromatic heterocycles. The van der Waals surface area contributed by atoms with E-state index < -0.39 is 42.4 Å². The van der Waals surface area contributed by atoms with Crippen LogP contribution < -0.4 is 15.4 Å². The number of benzene rings is 1. The van der Waals surface area contributed by atoms with E-state index in [0.29, 0.717) is 6.20 Å². The number of likely N-dealkylation sites (tertiary alicyclic amines) is 1. The number of carbonyl (C=O) groups excluding carboxylic acids is 1. The molecule has 0 spiro atoms. The Kier molecular flexibility index (Phi) is 7.23. The minimum absolute atomic E-state index is 0.0732. The van der Waals surface area contributed by atoms with Gasteiger partial charge in [-0.05, 0) is 30.1 Å². The average molecular weight is 550 g/mol. The van der Waals surface area contributed by atoms with Crippen molar-refractivity contribution in [1.29, 1.82) is 0 Å². The van der Waals surface area contributed by atoms with Crippen LogP contribution in [0.5, 0.6) is 5.75 Å². The molecule has 8 nitrogen and oxygen atoms in total. The predicted octanol–water partition coefficient (Wildman–Crippen LogP) is 4.68. The summed E-state index contributed by atoms with van der Waals surface area (Å²) in [6, 6.07) is 3.40. The van der Waals surface area contributed by atoms with Gasteiger partial charge in [0.15, 0.2) is 28.9 Å². The van der Waals surface area contributed by atoms with E-state index >= 15 is 0 Å². The molecular weight excluding hydrogens is 533 g/mol. The standard InChI is InChI=1S/C21H17F7N6O2S/c22-14-2-1-11(5-15(14)36-12-3-4-33(8-12)10-20(23,24)25)34(19-13(18(29)35)9-37-32-19)17-7-30-16(6-31-17)21(26,27)28/h1-2,5-7,9,12H,3-4,8,10H2,(H2,29,35)/t12-/m1/s1. The number of nitrogens with two attached hydrogens (primary N) is 1. The van der Waals surface area contributed by atoms with Crippen LogP contribution >= 0.6 is 11.5 Å². The van der Waals surface area contributed by atoms with E-state index in [9.17, 15) is 35.5 Å². The van der Waals surface area contributed by atoms with Crippen molar-refractivity contribution in [2.75, 3.05) is 24.5 Å². The van der Waals surface area contributed by atoms with E-state index in [1.807, 2.05) is 0 Å². The van der Waals surface area contributed by atoms with Crippen molar-refractivity contribution in [3.8, 4) is 5.75 Å². The van der Waals surface area contributed by atoms with Gasteiger partial charge in [0.1, 0.15) is 6.10 Å². The molecule has 0 bridgehead atoms. The molecule has 0 saturated carbocycles. The summed E-state index contributed by atoms with van der Waals surface area (Å²) in [6.45, 7) is -1.12. The van der Waals surface area contributed by atoms with Crippen LogP contribution in [-0.2, 0) is 6.18 Å². The second-order valence-electron chi connectivity index (χ2n) is 8.00. The van der Waals surface area contributed by atoms with E-state index in [4.69, 9.17) is 10.5 Å². The SMILES string of the molecule is NC(=O)c1csnc1N(c1ccc(F)c(O[C@@H]2CCN(CC(F)(F)F)C2)c1)c1cnc(C(F)(F)F)cn1. The van der Waals surface area contributed by atoms with Crippen molar-refractivity contribution in [3.63, 3.8) is 0 Å². The molecule has 198 valence electrons. The van der Waals surface area contributed by atoms with Gasteiger partial charge in [-0.15, -0.1) is 0 Å². The Labute approximate surface area is 208 Å². The van der Waals surface area contributed by atoms with Crippen LogP contribution in [0.3, 0.4) is 0 Å². The maximum absolute atomic E-state index is 14.6. The number of ether oxygens (including phenoxy) is 1. The molecule has 2 N–H and O–H groups in total. The van der Waals surface area contributed by atoms with Crippen LogP contribution in [0.15, 0.2) is 36.0 Å². The molecule has 1 aromatic carbocycles. The van der Waals surface area contributed by atoms with E-state index in [1.165, 1.54) is 17.5 Å². The van der Waals surface area contributed by atoms with Gasteiger partial charge in [0.05, 0.1) is 30.2 Å². The smallest absolute Gasteiger partial charge is 0.434 e. The lowest BCUT2D eigenvalue weighted by Gasteiger charge is -2.24. The number of hydrogen-bond acceptors (Lipinski definition) is 8. The summed E-state index contributed by atoms with van der Waals surface area (Å²) < 4.78 is 101. The van der Waals surface area contributed by atoms with Crippen LogP contribution in [-0.4, -0.2) is 57.1 Å². The number of carbonyl (C=O) groups is 1. The molecule has 1 amide bonds. The molecule has 37 heavy (non-hydrogen) atoms. The number of halogens is 7. The van der Waals surface area contributed by atoms with Gasteiger partial charge in [-0.1, -0.05) is 0 Å². The largest absolute Gasteiger partial charge is 0.486 e. The Morgan fingerprint density at radius 2 is 1.95 bits per heavy atom. The van der Waals surface area contributed by atoms with Crippen molar-refractivity contribution in [2.45, 2.75) is 24.9 Å². The number of nitrogens with zero attached hydrogens (tertiary/aromatic N) is 5. The number of amides is 1. The number of primary amides is 1. The van der Waals surface area contributed by atoms with Crippen LogP contribution in [0.25, 0.3) is 0 Å². The second kappa shape index (κ2) is 10.1. The first-order valence-electron chi connectivity index (χ1n) is 10.5. The zero-order chi connectivity index (χ0) is 27.0. The minimum Gasteiger partial charge on any atom is -0.486 e. The number of hydrogen-bond donors (Lipinski definition) is 1. The molecule has 1 aliphatic heterocycles. The van der Waals surface area contributed by atoms with Crippen LogP contribution in [0.4, 0.5) is 48.1 Å². The first kappa shape index (κ1) is 26.5. The van der Waals surface area contributed by atoms with Crippen molar-refractivity contribution in [2.24, 2.45) is 5.73 Å². The molecule has 1 saturated heterocycles. The highest BCUT2D eigenvalue weighted by Gasteiger charge is 2.36. The fourth-order valence-electron chi connectivity index (χ4n) is 3.70. The summed E-state index contributed by atoms with van der Waals surface area (Å²) in [5.74, 6) is -2.33. The predicted molar refractivity (Wildman–Crippen MR) is 117 cm³/mol. The Morgan fingerprint density at radius 3 is 2.57 bits per heavy atom. The Balaban J connectivity index is 1.68. The summed E-state index contributed by atoms with van der Waals surface area (Å²) in [5.41, 5.74) is 4.12.